The van der Waals surface area contributed by atoms with Gasteiger partial charge in [-0.15, -0.1) is 0 Å². The molecule has 0 amide bonds. The molecule has 1 aromatic rings. The lowest BCUT2D eigenvalue weighted by atomic mass is 9.68. The van der Waals surface area contributed by atoms with Crippen LogP contribution in [0.2, 0.25) is 0 Å². The SMILES string of the molecule is Oc1ccc2c(c1)C1CCCC=C21. The molecule has 0 aliphatic heterocycles. The van der Waals surface area contributed by atoms with Crippen LogP contribution in [0.25, 0.3) is 5.57 Å². The van der Waals surface area contributed by atoms with Gasteiger partial charge in [0.15, 0.2) is 0 Å². The first-order valence-corrected chi connectivity index (χ1v) is 4.89. The Balaban J connectivity index is 2.15. The number of phenolic OH excluding ortho intramolecular Hbond substituents is 1. The molecule has 0 fully saturated rings. The van der Waals surface area contributed by atoms with Gasteiger partial charge in [0.2, 0.25) is 0 Å². The van der Waals surface area contributed by atoms with E-state index in [-0.39, 0.29) is 0 Å². The lowest BCUT2D eigenvalue weighted by Crippen LogP contribution is -2.18. The zero-order valence-electron chi connectivity index (χ0n) is 7.46. The molecule has 2 aliphatic rings. The van der Waals surface area contributed by atoms with Gasteiger partial charge in [0.1, 0.15) is 5.75 Å². The fraction of sp³-hybridized carbons (Fsp3) is 0.333. The molecule has 1 unspecified atom stereocenters. The van der Waals surface area contributed by atoms with Crippen LogP contribution in [0.4, 0.5) is 0 Å². The molecule has 1 aromatic carbocycles. The van der Waals surface area contributed by atoms with Gasteiger partial charge >= 0.3 is 0 Å². The summed E-state index contributed by atoms with van der Waals surface area (Å²) >= 11 is 0. The summed E-state index contributed by atoms with van der Waals surface area (Å²) in [4.78, 5) is 0. The van der Waals surface area contributed by atoms with Crippen LogP contribution < -0.4 is 0 Å². The fourth-order valence-electron chi connectivity index (χ4n) is 2.52. The van der Waals surface area contributed by atoms with Crippen molar-refractivity contribution in [2.45, 2.75) is 25.2 Å². The van der Waals surface area contributed by atoms with E-state index < -0.39 is 0 Å². The van der Waals surface area contributed by atoms with Gasteiger partial charge < -0.3 is 5.11 Å². The lowest BCUT2D eigenvalue weighted by Gasteiger charge is -2.36. The van der Waals surface area contributed by atoms with Gasteiger partial charge in [-0.25, -0.2) is 0 Å². The first-order chi connectivity index (χ1) is 6.36. The molecular formula is C12H12O. The Labute approximate surface area is 77.7 Å². The number of benzene rings is 1. The monoisotopic (exact) mass is 172 g/mol. The third-order valence-corrected chi connectivity index (χ3v) is 3.16. The van der Waals surface area contributed by atoms with Crippen molar-refractivity contribution in [3.05, 3.63) is 35.4 Å². The number of hydrogen-bond donors (Lipinski definition) is 1. The molecular weight excluding hydrogens is 160 g/mol. The quantitative estimate of drug-likeness (QED) is 0.637. The van der Waals surface area contributed by atoms with Gasteiger partial charge in [-0.1, -0.05) is 12.1 Å². The zero-order valence-corrected chi connectivity index (χ0v) is 7.46. The molecule has 0 spiro atoms. The van der Waals surface area contributed by atoms with Crippen LogP contribution in [0, 0.1) is 0 Å². The minimum Gasteiger partial charge on any atom is -0.508 e. The van der Waals surface area contributed by atoms with Crippen molar-refractivity contribution in [2.24, 2.45) is 0 Å². The average molecular weight is 172 g/mol. The van der Waals surface area contributed by atoms with Gasteiger partial charge in [0, 0.05) is 5.92 Å². The average Bonchev–Trinajstić information content (AvgIpc) is 2.15. The van der Waals surface area contributed by atoms with Gasteiger partial charge in [-0.05, 0) is 48.1 Å². The molecule has 1 atom stereocenters. The number of fused-ring (bicyclic) bond motifs is 4. The normalized spacial score (nSPS) is 24.0. The van der Waals surface area contributed by atoms with Crippen molar-refractivity contribution in [3.8, 4) is 5.75 Å². The van der Waals surface area contributed by atoms with E-state index in [0.717, 1.165) is 0 Å². The second kappa shape index (κ2) is 2.38. The van der Waals surface area contributed by atoms with Crippen LogP contribution in [0.3, 0.4) is 0 Å². The highest BCUT2D eigenvalue weighted by atomic mass is 16.3. The topological polar surface area (TPSA) is 20.2 Å². The molecule has 0 heterocycles. The minimum atomic E-state index is 0.406. The highest BCUT2D eigenvalue weighted by Gasteiger charge is 2.32. The van der Waals surface area contributed by atoms with Crippen molar-refractivity contribution in [2.75, 3.05) is 0 Å². The molecule has 0 saturated carbocycles. The Kier molecular flexibility index (Phi) is 1.32. The zero-order chi connectivity index (χ0) is 8.84. The third-order valence-electron chi connectivity index (χ3n) is 3.16. The van der Waals surface area contributed by atoms with E-state index in [1.807, 2.05) is 12.1 Å². The molecule has 1 nitrogen and oxygen atoms in total. The molecule has 0 saturated heterocycles. The maximum Gasteiger partial charge on any atom is 0.115 e. The van der Waals surface area contributed by atoms with E-state index in [2.05, 4.69) is 6.08 Å². The number of phenols is 1. The predicted molar refractivity (Wildman–Crippen MR) is 52.7 cm³/mol. The summed E-state index contributed by atoms with van der Waals surface area (Å²) < 4.78 is 0. The smallest absolute Gasteiger partial charge is 0.115 e. The second-order valence-corrected chi connectivity index (χ2v) is 3.91. The van der Waals surface area contributed by atoms with Crippen molar-refractivity contribution >= 4 is 5.57 Å². The van der Waals surface area contributed by atoms with E-state index in [0.29, 0.717) is 11.7 Å². The van der Waals surface area contributed by atoms with Gasteiger partial charge in [0.25, 0.3) is 0 Å². The van der Waals surface area contributed by atoms with Crippen LogP contribution in [0.15, 0.2) is 24.3 Å². The van der Waals surface area contributed by atoms with Crippen LogP contribution in [0.1, 0.15) is 36.3 Å². The van der Waals surface area contributed by atoms with E-state index in [1.54, 1.807) is 6.07 Å². The first-order valence-electron chi connectivity index (χ1n) is 4.89. The largest absolute Gasteiger partial charge is 0.508 e. The standard InChI is InChI=1S/C12H12O/c13-8-5-6-11-9-3-1-2-4-10(9)12(11)7-8/h3,5-7,10,13H,1-2,4H2. The van der Waals surface area contributed by atoms with Crippen LogP contribution in [0.5, 0.6) is 5.75 Å². The minimum absolute atomic E-state index is 0.406. The van der Waals surface area contributed by atoms with Crippen molar-refractivity contribution < 1.29 is 5.11 Å². The van der Waals surface area contributed by atoms with Gasteiger partial charge in [-0.2, -0.15) is 0 Å². The summed E-state index contributed by atoms with van der Waals surface area (Å²) in [6, 6.07) is 5.74. The molecule has 0 aromatic heterocycles. The van der Waals surface area contributed by atoms with Crippen LogP contribution in [-0.4, -0.2) is 5.11 Å². The summed E-state index contributed by atoms with van der Waals surface area (Å²) in [7, 11) is 0. The summed E-state index contributed by atoms with van der Waals surface area (Å²) in [6.45, 7) is 0. The molecule has 0 radical (unpaired) electrons. The molecule has 1 N–H and O–H groups in total. The lowest BCUT2D eigenvalue weighted by molar-refractivity contribution is 0.473. The Hall–Kier alpha value is -1.24. The Morgan fingerprint density at radius 3 is 3.15 bits per heavy atom. The molecule has 66 valence electrons. The van der Waals surface area contributed by atoms with Crippen molar-refractivity contribution in [3.63, 3.8) is 0 Å². The van der Waals surface area contributed by atoms with Crippen molar-refractivity contribution in [1.29, 1.82) is 0 Å². The number of hydrogen-bond acceptors (Lipinski definition) is 1. The van der Waals surface area contributed by atoms with E-state index in [9.17, 15) is 5.11 Å². The van der Waals surface area contributed by atoms with Gasteiger partial charge in [-0.3, -0.25) is 0 Å². The molecule has 3 rings (SSSR count). The Morgan fingerprint density at radius 2 is 2.23 bits per heavy atom. The predicted octanol–water partition coefficient (Wildman–Crippen LogP) is 3.06. The van der Waals surface area contributed by atoms with E-state index in [1.165, 1.54) is 36.0 Å². The third kappa shape index (κ3) is 0.873. The van der Waals surface area contributed by atoms with Gasteiger partial charge in [0.05, 0.1) is 0 Å². The fourth-order valence-corrected chi connectivity index (χ4v) is 2.52. The highest BCUT2D eigenvalue weighted by Crippen LogP contribution is 2.51. The summed E-state index contributed by atoms with van der Waals surface area (Å²) in [5.74, 6) is 1.04. The molecule has 13 heavy (non-hydrogen) atoms. The Bertz CT molecular complexity index is 390. The summed E-state index contributed by atoms with van der Waals surface area (Å²) in [5, 5.41) is 9.34. The summed E-state index contributed by atoms with van der Waals surface area (Å²) in [6.07, 6.45) is 6.14. The highest BCUT2D eigenvalue weighted by molar-refractivity contribution is 5.84. The molecule has 2 aliphatic carbocycles. The maximum atomic E-state index is 9.34. The second-order valence-electron chi connectivity index (χ2n) is 3.91. The molecule has 0 bridgehead atoms. The summed E-state index contributed by atoms with van der Waals surface area (Å²) in [5.41, 5.74) is 4.23. The maximum absolute atomic E-state index is 9.34. The van der Waals surface area contributed by atoms with E-state index >= 15 is 0 Å². The molecule has 1 heteroatoms. The van der Waals surface area contributed by atoms with E-state index in [4.69, 9.17) is 0 Å². The first kappa shape index (κ1) is 7.19. The Morgan fingerprint density at radius 1 is 1.31 bits per heavy atom. The number of rotatable bonds is 0. The number of allylic oxidation sites excluding steroid dienone is 2. The van der Waals surface area contributed by atoms with Crippen LogP contribution in [-0.2, 0) is 0 Å². The van der Waals surface area contributed by atoms with Crippen molar-refractivity contribution in [1.82, 2.24) is 0 Å². The van der Waals surface area contributed by atoms with Crippen LogP contribution >= 0.6 is 0 Å². The number of aromatic hydroxyl groups is 1.